The van der Waals surface area contributed by atoms with Crippen LogP contribution in [0, 0.1) is 23.7 Å². The summed E-state index contributed by atoms with van der Waals surface area (Å²) in [5.74, 6) is 3.22. The molecule has 0 radical (unpaired) electrons. The zero-order chi connectivity index (χ0) is 7.59. The molecule has 2 fully saturated rings. The lowest BCUT2D eigenvalue weighted by molar-refractivity contribution is 0.457. The van der Waals surface area contributed by atoms with Gasteiger partial charge in [-0.3, -0.25) is 0 Å². The van der Waals surface area contributed by atoms with E-state index < -0.39 is 0 Å². The highest BCUT2D eigenvalue weighted by atomic mass is 14.6. The molecule has 0 unspecified atom stereocenters. The third kappa shape index (κ3) is 0.526. The highest BCUT2D eigenvalue weighted by Crippen LogP contribution is 2.62. The normalized spacial score (nSPS) is 51.3. The molecule has 11 heavy (non-hydrogen) atoms. The van der Waals surface area contributed by atoms with Gasteiger partial charge in [-0.05, 0) is 29.4 Å². The first-order chi connectivity index (χ1) is 5.29. The Bertz CT molecular complexity index is 254. The molecule has 4 aliphatic carbocycles. The highest BCUT2D eigenvalue weighted by Gasteiger charge is 2.54. The maximum atomic E-state index is 4.10. The van der Waals surface area contributed by atoms with Crippen molar-refractivity contribution in [2.24, 2.45) is 23.7 Å². The van der Waals surface area contributed by atoms with E-state index in [0.29, 0.717) is 11.8 Å². The SMILES string of the molecule is C=C1C(=C)[C@@H]2C=C[C@H]1[C@H]1C[C@H]12. The van der Waals surface area contributed by atoms with Gasteiger partial charge in [0.25, 0.3) is 0 Å². The lowest BCUT2D eigenvalue weighted by Crippen LogP contribution is -2.24. The zero-order valence-corrected chi connectivity index (χ0v) is 6.59. The second kappa shape index (κ2) is 1.52. The predicted octanol–water partition coefficient (Wildman–Crippen LogP) is 2.55. The molecule has 0 aromatic carbocycles. The van der Waals surface area contributed by atoms with Crippen LogP contribution in [0.3, 0.4) is 0 Å². The molecule has 0 spiro atoms. The maximum absolute atomic E-state index is 4.10. The average molecular weight is 144 g/mol. The second-order valence-corrected chi connectivity index (χ2v) is 4.05. The minimum atomic E-state index is 0.664. The van der Waals surface area contributed by atoms with Crippen LogP contribution in [0.15, 0.2) is 36.5 Å². The van der Waals surface area contributed by atoms with Crippen LogP contribution in [0.5, 0.6) is 0 Å². The van der Waals surface area contributed by atoms with Crippen molar-refractivity contribution in [3.05, 3.63) is 36.5 Å². The second-order valence-electron chi connectivity index (χ2n) is 4.05. The van der Waals surface area contributed by atoms with Crippen LogP contribution in [0.25, 0.3) is 0 Å². The van der Waals surface area contributed by atoms with E-state index in [4.69, 9.17) is 0 Å². The molecule has 0 heterocycles. The van der Waals surface area contributed by atoms with E-state index in [-0.39, 0.29) is 0 Å². The van der Waals surface area contributed by atoms with E-state index in [0.717, 1.165) is 11.8 Å². The van der Waals surface area contributed by atoms with Crippen LogP contribution >= 0.6 is 0 Å². The van der Waals surface area contributed by atoms with Crippen molar-refractivity contribution in [3.63, 3.8) is 0 Å². The van der Waals surface area contributed by atoms with Gasteiger partial charge in [-0.15, -0.1) is 0 Å². The first-order valence-corrected chi connectivity index (χ1v) is 4.35. The van der Waals surface area contributed by atoms with Crippen LogP contribution in [-0.2, 0) is 0 Å². The molecule has 2 bridgehead atoms. The Hall–Kier alpha value is -0.780. The number of rotatable bonds is 0. The van der Waals surface area contributed by atoms with E-state index in [1.165, 1.54) is 17.6 Å². The number of allylic oxidation sites excluding steroid dienone is 4. The topological polar surface area (TPSA) is 0 Å². The molecule has 0 aromatic heterocycles. The Labute approximate surface area is 67.3 Å². The summed E-state index contributed by atoms with van der Waals surface area (Å²) >= 11 is 0. The Kier molecular flexibility index (Phi) is 0.806. The third-order valence-corrected chi connectivity index (χ3v) is 3.56. The highest BCUT2D eigenvalue weighted by molar-refractivity contribution is 5.46. The molecule has 4 aliphatic rings. The Morgan fingerprint density at radius 3 is 1.91 bits per heavy atom. The van der Waals surface area contributed by atoms with E-state index in [2.05, 4.69) is 25.3 Å². The molecule has 0 saturated heterocycles. The summed E-state index contributed by atoms with van der Waals surface area (Å²) in [7, 11) is 0. The fourth-order valence-corrected chi connectivity index (χ4v) is 2.76. The van der Waals surface area contributed by atoms with Gasteiger partial charge in [0.15, 0.2) is 0 Å². The summed E-state index contributed by atoms with van der Waals surface area (Å²) in [4.78, 5) is 0. The molecule has 4 rings (SSSR count). The number of fused-ring (bicyclic) bond motifs is 1. The van der Waals surface area contributed by atoms with Gasteiger partial charge in [0.2, 0.25) is 0 Å². The van der Waals surface area contributed by atoms with E-state index >= 15 is 0 Å². The van der Waals surface area contributed by atoms with Crippen molar-refractivity contribution in [1.82, 2.24) is 0 Å². The minimum Gasteiger partial charge on any atom is -0.0949 e. The van der Waals surface area contributed by atoms with Crippen molar-refractivity contribution < 1.29 is 0 Å². The first-order valence-electron chi connectivity index (χ1n) is 4.35. The Balaban J connectivity index is 2.16. The molecular weight excluding hydrogens is 132 g/mol. The smallest absolute Gasteiger partial charge is 0.00464 e. The quantitative estimate of drug-likeness (QED) is 0.458. The van der Waals surface area contributed by atoms with Gasteiger partial charge in [0, 0.05) is 11.8 Å². The molecule has 0 aliphatic heterocycles. The van der Waals surface area contributed by atoms with Crippen LogP contribution in [-0.4, -0.2) is 0 Å². The number of hydrogen-bond acceptors (Lipinski definition) is 0. The lowest BCUT2D eigenvalue weighted by atomic mass is 9.71. The molecule has 0 heteroatoms. The van der Waals surface area contributed by atoms with Gasteiger partial charge in [0.05, 0.1) is 0 Å². The Morgan fingerprint density at radius 2 is 1.45 bits per heavy atom. The van der Waals surface area contributed by atoms with Crippen molar-refractivity contribution in [3.8, 4) is 0 Å². The van der Waals surface area contributed by atoms with Gasteiger partial charge in [-0.2, -0.15) is 0 Å². The molecular formula is C11H12. The summed E-state index contributed by atoms with van der Waals surface area (Å²) in [6, 6.07) is 0. The fraction of sp³-hybridized carbons (Fsp3) is 0.455. The molecule has 0 aromatic rings. The van der Waals surface area contributed by atoms with Crippen molar-refractivity contribution in [2.75, 3.05) is 0 Å². The standard InChI is InChI=1S/C11H12/c1-6-7(2)9-4-3-8(6)10-5-11(9)10/h3-4,8-11H,1-2,5H2/t8-,9+,10-,11+. The largest absolute Gasteiger partial charge is 0.0949 e. The average Bonchev–Trinajstić information content (AvgIpc) is 2.76. The van der Waals surface area contributed by atoms with E-state index in [9.17, 15) is 0 Å². The van der Waals surface area contributed by atoms with Gasteiger partial charge in [-0.25, -0.2) is 0 Å². The Morgan fingerprint density at radius 1 is 1.00 bits per heavy atom. The number of hydrogen-bond donors (Lipinski definition) is 0. The predicted molar refractivity (Wildman–Crippen MR) is 46.0 cm³/mol. The molecule has 56 valence electrons. The minimum absolute atomic E-state index is 0.664. The van der Waals surface area contributed by atoms with Crippen LogP contribution < -0.4 is 0 Å². The van der Waals surface area contributed by atoms with Crippen molar-refractivity contribution >= 4 is 0 Å². The zero-order valence-electron chi connectivity index (χ0n) is 6.59. The van der Waals surface area contributed by atoms with Crippen molar-refractivity contribution in [1.29, 1.82) is 0 Å². The van der Waals surface area contributed by atoms with Crippen molar-refractivity contribution in [2.45, 2.75) is 6.42 Å². The van der Waals surface area contributed by atoms with Gasteiger partial charge < -0.3 is 0 Å². The summed E-state index contributed by atoms with van der Waals surface area (Å²) in [6.07, 6.45) is 6.10. The van der Waals surface area contributed by atoms with Gasteiger partial charge in [-0.1, -0.05) is 25.3 Å². The molecule has 2 saturated carbocycles. The summed E-state index contributed by atoms with van der Waals surface area (Å²) in [5, 5.41) is 0. The van der Waals surface area contributed by atoms with Crippen LogP contribution in [0.2, 0.25) is 0 Å². The summed E-state index contributed by atoms with van der Waals surface area (Å²) < 4.78 is 0. The molecule has 4 atom stereocenters. The van der Waals surface area contributed by atoms with Gasteiger partial charge >= 0.3 is 0 Å². The fourth-order valence-electron chi connectivity index (χ4n) is 2.76. The van der Waals surface area contributed by atoms with E-state index in [1.54, 1.807) is 0 Å². The van der Waals surface area contributed by atoms with Gasteiger partial charge in [0.1, 0.15) is 0 Å². The monoisotopic (exact) mass is 144 g/mol. The summed E-state index contributed by atoms with van der Waals surface area (Å²) in [6.45, 7) is 8.21. The molecule has 0 amide bonds. The van der Waals surface area contributed by atoms with Crippen LogP contribution in [0.1, 0.15) is 6.42 Å². The first kappa shape index (κ1) is 5.82. The molecule has 0 nitrogen and oxygen atoms in total. The molecule has 0 N–H and O–H groups in total. The lowest BCUT2D eigenvalue weighted by Gasteiger charge is -2.34. The summed E-state index contributed by atoms with van der Waals surface area (Å²) in [5.41, 5.74) is 2.63. The van der Waals surface area contributed by atoms with Crippen LogP contribution in [0.4, 0.5) is 0 Å². The van der Waals surface area contributed by atoms with E-state index in [1.807, 2.05) is 0 Å². The maximum Gasteiger partial charge on any atom is 0.00464 e. The third-order valence-electron chi connectivity index (χ3n) is 3.56.